The molecule has 0 aliphatic rings. The van der Waals surface area contributed by atoms with Crippen molar-refractivity contribution < 1.29 is 0 Å². The Kier molecular flexibility index (Phi) is 4.19. The maximum atomic E-state index is 6.24. The number of hydrogen-bond donors (Lipinski definition) is 1. The van der Waals surface area contributed by atoms with Gasteiger partial charge in [-0.25, -0.2) is 0 Å². The molecule has 4 heteroatoms. The monoisotopic (exact) mass is 307 g/mol. The number of rotatable bonds is 4. The molecule has 0 bridgehead atoms. The molecule has 0 amide bonds. The summed E-state index contributed by atoms with van der Waals surface area (Å²) in [6.07, 6.45) is 5.83. The standard InChI is InChI=1S/C14H18BrN3/c1-10-5-12(7-13(15)6-10)14(16)4-3-11-8-17-18(2)9-11/h5-9,14H,3-4,16H2,1-2H3. The first-order valence-electron chi connectivity index (χ1n) is 6.05. The average Bonchev–Trinajstić information content (AvgIpc) is 2.70. The molecule has 96 valence electrons. The lowest BCUT2D eigenvalue weighted by molar-refractivity contribution is 0.650. The molecule has 1 atom stereocenters. The Morgan fingerprint density at radius 1 is 1.39 bits per heavy atom. The minimum absolute atomic E-state index is 0.0707. The number of hydrogen-bond acceptors (Lipinski definition) is 2. The van der Waals surface area contributed by atoms with Gasteiger partial charge < -0.3 is 5.73 Å². The van der Waals surface area contributed by atoms with Gasteiger partial charge >= 0.3 is 0 Å². The van der Waals surface area contributed by atoms with Gasteiger partial charge in [0.25, 0.3) is 0 Å². The SMILES string of the molecule is Cc1cc(Br)cc(C(N)CCc2cnn(C)c2)c1. The van der Waals surface area contributed by atoms with Crippen LogP contribution in [0, 0.1) is 6.92 Å². The molecule has 0 spiro atoms. The highest BCUT2D eigenvalue weighted by atomic mass is 79.9. The predicted molar refractivity (Wildman–Crippen MR) is 77.3 cm³/mol. The molecule has 1 aromatic heterocycles. The van der Waals surface area contributed by atoms with Crippen molar-refractivity contribution in [2.24, 2.45) is 12.8 Å². The fraction of sp³-hybridized carbons (Fsp3) is 0.357. The second-order valence-corrected chi connectivity index (χ2v) is 5.65. The second-order valence-electron chi connectivity index (χ2n) is 4.73. The molecule has 18 heavy (non-hydrogen) atoms. The molecule has 2 aromatic rings. The van der Waals surface area contributed by atoms with E-state index in [1.165, 1.54) is 16.7 Å². The van der Waals surface area contributed by atoms with E-state index < -0.39 is 0 Å². The Morgan fingerprint density at radius 3 is 2.78 bits per heavy atom. The molecule has 0 saturated carbocycles. The summed E-state index contributed by atoms with van der Waals surface area (Å²) in [5, 5.41) is 4.16. The van der Waals surface area contributed by atoms with Gasteiger partial charge in [0, 0.05) is 23.8 Å². The molecule has 1 heterocycles. The number of aryl methyl sites for hydroxylation is 3. The van der Waals surface area contributed by atoms with Crippen molar-refractivity contribution in [1.29, 1.82) is 0 Å². The molecule has 1 aromatic carbocycles. The molecule has 1 unspecified atom stereocenters. The van der Waals surface area contributed by atoms with E-state index in [0.717, 1.165) is 17.3 Å². The van der Waals surface area contributed by atoms with Crippen LogP contribution in [0.4, 0.5) is 0 Å². The Bertz CT molecular complexity index is 513. The van der Waals surface area contributed by atoms with Gasteiger partial charge in [0.2, 0.25) is 0 Å². The quantitative estimate of drug-likeness (QED) is 0.943. The predicted octanol–water partition coefficient (Wildman–Crippen LogP) is 3.12. The van der Waals surface area contributed by atoms with Crippen molar-refractivity contribution in [1.82, 2.24) is 9.78 Å². The fourth-order valence-corrected chi connectivity index (χ4v) is 2.69. The lowest BCUT2D eigenvalue weighted by Crippen LogP contribution is -2.11. The van der Waals surface area contributed by atoms with Crippen LogP contribution >= 0.6 is 15.9 Å². The summed E-state index contributed by atoms with van der Waals surface area (Å²) < 4.78 is 2.92. The van der Waals surface area contributed by atoms with E-state index in [9.17, 15) is 0 Å². The van der Waals surface area contributed by atoms with E-state index in [2.05, 4.69) is 46.2 Å². The topological polar surface area (TPSA) is 43.8 Å². The smallest absolute Gasteiger partial charge is 0.0521 e. The highest BCUT2D eigenvalue weighted by Crippen LogP contribution is 2.22. The third-order valence-electron chi connectivity index (χ3n) is 2.99. The zero-order chi connectivity index (χ0) is 13.1. The molecule has 0 radical (unpaired) electrons. The van der Waals surface area contributed by atoms with Crippen LogP contribution in [0.1, 0.15) is 29.2 Å². The molecule has 0 aliphatic carbocycles. The maximum absolute atomic E-state index is 6.24. The normalized spacial score (nSPS) is 12.7. The fourth-order valence-electron chi connectivity index (χ4n) is 2.07. The minimum atomic E-state index is 0.0707. The summed E-state index contributed by atoms with van der Waals surface area (Å²) in [7, 11) is 1.93. The number of nitrogens with zero attached hydrogens (tertiary/aromatic N) is 2. The van der Waals surface area contributed by atoms with Gasteiger partial charge in [-0.3, -0.25) is 4.68 Å². The van der Waals surface area contributed by atoms with Crippen LogP contribution in [0.2, 0.25) is 0 Å². The highest BCUT2D eigenvalue weighted by Gasteiger charge is 2.08. The van der Waals surface area contributed by atoms with Gasteiger partial charge in [0.15, 0.2) is 0 Å². The van der Waals surface area contributed by atoms with E-state index in [4.69, 9.17) is 5.73 Å². The number of benzene rings is 1. The molecule has 0 fully saturated rings. The van der Waals surface area contributed by atoms with E-state index in [1.807, 2.05) is 24.1 Å². The Morgan fingerprint density at radius 2 is 2.17 bits per heavy atom. The molecule has 2 rings (SSSR count). The zero-order valence-corrected chi connectivity index (χ0v) is 12.3. The van der Waals surface area contributed by atoms with Crippen LogP contribution < -0.4 is 5.73 Å². The first-order valence-corrected chi connectivity index (χ1v) is 6.84. The summed E-state index contributed by atoms with van der Waals surface area (Å²) in [6.45, 7) is 2.09. The summed E-state index contributed by atoms with van der Waals surface area (Å²) in [5.74, 6) is 0. The first-order chi connectivity index (χ1) is 8.54. The largest absolute Gasteiger partial charge is 0.324 e. The molecular weight excluding hydrogens is 290 g/mol. The van der Waals surface area contributed by atoms with Gasteiger partial charge in [-0.05, 0) is 48.6 Å². The number of nitrogens with two attached hydrogens (primary N) is 1. The number of halogens is 1. The van der Waals surface area contributed by atoms with Gasteiger partial charge in [0.05, 0.1) is 6.20 Å². The van der Waals surface area contributed by atoms with E-state index >= 15 is 0 Å². The van der Waals surface area contributed by atoms with Crippen LogP contribution in [0.15, 0.2) is 35.1 Å². The zero-order valence-electron chi connectivity index (χ0n) is 10.7. The van der Waals surface area contributed by atoms with E-state index in [-0.39, 0.29) is 6.04 Å². The molecule has 3 nitrogen and oxygen atoms in total. The van der Waals surface area contributed by atoms with Crippen molar-refractivity contribution in [3.63, 3.8) is 0 Å². The second kappa shape index (κ2) is 5.67. The van der Waals surface area contributed by atoms with Crippen molar-refractivity contribution >= 4 is 15.9 Å². The third-order valence-corrected chi connectivity index (χ3v) is 3.45. The van der Waals surface area contributed by atoms with Crippen molar-refractivity contribution in [2.45, 2.75) is 25.8 Å². The molecule has 0 aliphatic heterocycles. The van der Waals surface area contributed by atoms with Crippen molar-refractivity contribution in [3.05, 3.63) is 51.8 Å². The van der Waals surface area contributed by atoms with E-state index in [1.54, 1.807) is 0 Å². The molecule has 0 saturated heterocycles. The lowest BCUT2D eigenvalue weighted by Gasteiger charge is -2.12. The van der Waals surface area contributed by atoms with Gasteiger partial charge in [-0.15, -0.1) is 0 Å². The Labute approximate surface area is 116 Å². The first kappa shape index (κ1) is 13.3. The lowest BCUT2D eigenvalue weighted by atomic mass is 10.00. The van der Waals surface area contributed by atoms with Crippen LogP contribution in [-0.2, 0) is 13.5 Å². The van der Waals surface area contributed by atoms with Crippen LogP contribution in [0.25, 0.3) is 0 Å². The summed E-state index contributed by atoms with van der Waals surface area (Å²) in [4.78, 5) is 0. The van der Waals surface area contributed by atoms with Crippen molar-refractivity contribution in [3.8, 4) is 0 Å². The Hall–Kier alpha value is -1.13. The van der Waals surface area contributed by atoms with Crippen LogP contribution in [0.3, 0.4) is 0 Å². The molecule has 2 N–H and O–H groups in total. The van der Waals surface area contributed by atoms with Crippen LogP contribution in [0.5, 0.6) is 0 Å². The Balaban J connectivity index is 2.01. The van der Waals surface area contributed by atoms with Gasteiger partial charge in [-0.1, -0.05) is 22.0 Å². The summed E-state index contributed by atoms with van der Waals surface area (Å²) >= 11 is 3.51. The van der Waals surface area contributed by atoms with E-state index in [0.29, 0.717) is 0 Å². The summed E-state index contributed by atoms with van der Waals surface area (Å²) in [5.41, 5.74) is 9.89. The molecular formula is C14H18BrN3. The highest BCUT2D eigenvalue weighted by molar-refractivity contribution is 9.10. The average molecular weight is 308 g/mol. The summed E-state index contributed by atoms with van der Waals surface area (Å²) in [6, 6.07) is 6.41. The van der Waals surface area contributed by atoms with Gasteiger partial charge in [-0.2, -0.15) is 5.10 Å². The number of aromatic nitrogens is 2. The van der Waals surface area contributed by atoms with Crippen molar-refractivity contribution in [2.75, 3.05) is 0 Å². The van der Waals surface area contributed by atoms with Crippen LogP contribution in [-0.4, -0.2) is 9.78 Å². The minimum Gasteiger partial charge on any atom is -0.324 e. The third kappa shape index (κ3) is 3.43. The van der Waals surface area contributed by atoms with Gasteiger partial charge in [0.1, 0.15) is 0 Å². The maximum Gasteiger partial charge on any atom is 0.0521 e.